The molecule has 3 rings (SSSR count). The fraction of sp³-hybridized carbons (Fsp3) is 0.250. The molecule has 1 aliphatic heterocycles. The zero-order valence-corrected chi connectivity index (χ0v) is 10.7. The second-order valence-corrected chi connectivity index (χ2v) is 5.02. The molecule has 2 heterocycles. The average molecular weight is 328 g/mol. The maximum Gasteiger partial charge on any atom is 0.123 e. The zero-order chi connectivity index (χ0) is 11.1. The highest BCUT2D eigenvalue weighted by molar-refractivity contribution is 14.1. The molecule has 0 unspecified atom stereocenters. The molecule has 16 heavy (non-hydrogen) atoms. The van der Waals surface area contributed by atoms with E-state index < -0.39 is 0 Å². The predicted octanol–water partition coefficient (Wildman–Crippen LogP) is 3.24. The first kappa shape index (κ1) is 10.3. The van der Waals surface area contributed by atoms with Gasteiger partial charge in [0.25, 0.3) is 0 Å². The predicted molar refractivity (Wildman–Crippen MR) is 68.7 cm³/mol. The van der Waals surface area contributed by atoms with Crippen LogP contribution in [0.25, 0.3) is 11.3 Å². The van der Waals surface area contributed by atoms with Crippen LogP contribution in [0.15, 0.2) is 24.3 Å². The molecule has 82 valence electrons. The second-order valence-electron chi connectivity index (χ2n) is 3.94. The van der Waals surface area contributed by atoms with Crippen molar-refractivity contribution in [2.24, 2.45) is 0 Å². The summed E-state index contributed by atoms with van der Waals surface area (Å²) < 4.78 is 16.1. The van der Waals surface area contributed by atoms with Gasteiger partial charge in [0.15, 0.2) is 0 Å². The Balaban J connectivity index is 2.10. The molecular weight excluding hydrogens is 318 g/mol. The molecule has 2 aromatic rings. The highest BCUT2D eigenvalue weighted by Gasteiger charge is 2.20. The summed E-state index contributed by atoms with van der Waals surface area (Å²) in [5, 5.41) is 4.58. The van der Waals surface area contributed by atoms with Crippen LogP contribution in [-0.2, 0) is 13.0 Å². The van der Waals surface area contributed by atoms with E-state index in [-0.39, 0.29) is 5.82 Å². The first-order valence-electron chi connectivity index (χ1n) is 5.27. The fourth-order valence-corrected chi connectivity index (χ4v) is 3.05. The lowest BCUT2D eigenvalue weighted by molar-refractivity contribution is 0.628. The van der Waals surface area contributed by atoms with Crippen molar-refractivity contribution < 1.29 is 4.39 Å². The van der Waals surface area contributed by atoms with Gasteiger partial charge in [0.2, 0.25) is 0 Å². The van der Waals surface area contributed by atoms with Crippen molar-refractivity contribution in [3.05, 3.63) is 39.3 Å². The van der Waals surface area contributed by atoms with Crippen LogP contribution >= 0.6 is 22.6 Å². The van der Waals surface area contributed by atoms with Crippen LogP contribution in [0.1, 0.15) is 12.1 Å². The molecule has 0 aliphatic carbocycles. The minimum atomic E-state index is -0.203. The van der Waals surface area contributed by atoms with Crippen molar-refractivity contribution in [1.82, 2.24) is 9.78 Å². The van der Waals surface area contributed by atoms with E-state index in [1.165, 1.54) is 27.8 Å². The van der Waals surface area contributed by atoms with E-state index in [4.69, 9.17) is 0 Å². The highest BCUT2D eigenvalue weighted by Crippen LogP contribution is 2.30. The molecule has 1 aromatic carbocycles. The van der Waals surface area contributed by atoms with E-state index in [0.717, 1.165) is 24.2 Å². The fourth-order valence-electron chi connectivity index (χ4n) is 2.09. The number of fused-ring (bicyclic) bond motifs is 1. The number of aromatic nitrogens is 2. The Kier molecular flexibility index (Phi) is 2.46. The van der Waals surface area contributed by atoms with Crippen LogP contribution in [0.3, 0.4) is 0 Å². The van der Waals surface area contributed by atoms with E-state index in [0.29, 0.717) is 0 Å². The average Bonchev–Trinajstić information content (AvgIpc) is 2.84. The third-order valence-corrected chi connectivity index (χ3v) is 4.03. The lowest BCUT2D eigenvalue weighted by Crippen LogP contribution is -1.94. The first-order valence-corrected chi connectivity index (χ1v) is 6.35. The maximum absolute atomic E-state index is 12.8. The van der Waals surface area contributed by atoms with Gasteiger partial charge in [-0.1, -0.05) is 0 Å². The molecule has 4 heteroatoms. The van der Waals surface area contributed by atoms with Crippen molar-refractivity contribution in [2.75, 3.05) is 0 Å². The van der Waals surface area contributed by atoms with Crippen molar-refractivity contribution >= 4 is 22.6 Å². The third kappa shape index (κ3) is 1.55. The molecule has 1 aliphatic rings. The van der Waals surface area contributed by atoms with Gasteiger partial charge in [-0.3, -0.25) is 4.68 Å². The van der Waals surface area contributed by atoms with Gasteiger partial charge in [-0.15, -0.1) is 0 Å². The summed E-state index contributed by atoms with van der Waals surface area (Å²) >= 11 is 2.34. The third-order valence-electron chi connectivity index (χ3n) is 2.89. The molecule has 0 atom stereocenters. The van der Waals surface area contributed by atoms with E-state index >= 15 is 0 Å². The topological polar surface area (TPSA) is 17.8 Å². The molecule has 0 fully saturated rings. The molecule has 0 saturated heterocycles. The number of aryl methyl sites for hydroxylation is 1. The van der Waals surface area contributed by atoms with Gasteiger partial charge in [-0.05, 0) is 59.7 Å². The van der Waals surface area contributed by atoms with Crippen molar-refractivity contribution in [3.63, 3.8) is 0 Å². The van der Waals surface area contributed by atoms with Gasteiger partial charge >= 0.3 is 0 Å². The molecule has 1 aromatic heterocycles. The maximum atomic E-state index is 12.8. The van der Waals surface area contributed by atoms with E-state index in [1.54, 1.807) is 12.1 Å². The number of rotatable bonds is 1. The molecule has 0 radical (unpaired) electrons. The molecule has 0 saturated carbocycles. The minimum Gasteiger partial charge on any atom is -0.268 e. The van der Waals surface area contributed by atoms with E-state index in [2.05, 4.69) is 32.4 Å². The number of hydrogen-bond acceptors (Lipinski definition) is 1. The molecular formula is C12H10FIN2. The zero-order valence-electron chi connectivity index (χ0n) is 8.58. The minimum absolute atomic E-state index is 0.203. The lowest BCUT2D eigenvalue weighted by atomic mass is 10.1. The Morgan fingerprint density at radius 3 is 2.69 bits per heavy atom. The van der Waals surface area contributed by atoms with Crippen molar-refractivity contribution in [1.29, 1.82) is 0 Å². The Morgan fingerprint density at radius 1 is 1.25 bits per heavy atom. The second kappa shape index (κ2) is 3.84. The summed E-state index contributed by atoms with van der Waals surface area (Å²) in [5.41, 5.74) is 3.29. The van der Waals surface area contributed by atoms with Gasteiger partial charge in [0, 0.05) is 12.1 Å². The monoisotopic (exact) mass is 328 g/mol. The van der Waals surface area contributed by atoms with Gasteiger partial charge in [0.1, 0.15) is 11.5 Å². The van der Waals surface area contributed by atoms with Crippen LogP contribution < -0.4 is 0 Å². The summed E-state index contributed by atoms with van der Waals surface area (Å²) in [5.74, 6) is -0.203. The van der Waals surface area contributed by atoms with Gasteiger partial charge in [0.05, 0.1) is 9.26 Å². The highest BCUT2D eigenvalue weighted by atomic mass is 127. The molecule has 0 spiro atoms. The van der Waals surface area contributed by atoms with Gasteiger partial charge < -0.3 is 0 Å². The van der Waals surface area contributed by atoms with Crippen LogP contribution in [0, 0.1) is 9.39 Å². The first-order chi connectivity index (χ1) is 7.75. The molecule has 2 nitrogen and oxygen atoms in total. The van der Waals surface area contributed by atoms with Crippen LogP contribution in [0.4, 0.5) is 4.39 Å². The Labute approximate surface area is 107 Å². The van der Waals surface area contributed by atoms with E-state index in [9.17, 15) is 4.39 Å². The molecule has 0 amide bonds. The molecule has 0 bridgehead atoms. The Hall–Kier alpha value is -0.910. The van der Waals surface area contributed by atoms with Crippen LogP contribution in [0.5, 0.6) is 0 Å². The normalized spacial score (nSPS) is 14.1. The van der Waals surface area contributed by atoms with Crippen LogP contribution in [0.2, 0.25) is 0 Å². The Bertz CT molecular complexity index is 531. The summed E-state index contributed by atoms with van der Waals surface area (Å²) in [6.07, 6.45) is 2.29. The Morgan fingerprint density at radius 2 is 2.00 bits per heavy atom. The standard InChI is InChI=1S/C12H10FIN2/c13-9-5-3-8(4-6-9)12-11(14)10-2-1-7-16(10)15-12/h3-6H,1-2,7H2. The number of halogens is 2. The van der Waals surface area contributed by atoms with Gasteiger partial charge in [-0.2, -0.15) is 5.10 Å². The van der Waals surface area contributed by atoms with Gasteiger partial charge in [-0.25, -0.2) is 4.39 Å². The van der Waals surface area contributed by atoms with Crippen LogP contribution in [-0.4, -0.2) is 9.78 Å². The van der Waals surface area contributed by atoms with Crippen molar-refractivity contribution in [2.45, 2.75) is 19.4 Å². The number of nitrogens with zero attached hydrogens (tertiary/aromatic N) is 2. The quantitative estimate of drug-likeness (QED) is 0.735. The van der Waals surface area contributed by atoms with E-state index in [1.807, 2.05) is 0 Å². The molecule has 0 N–H and O–H groups in total. The smallest absolute Gasteiger partial charge is 0.123 e. The summed E-state index contributed by atoms with van der Waals surface area (Å²) in [4.78, 5) is 0. The number of benzene rings is 1. The summed E-state index contributed by atoms with van der Waals surface area (Å²) in [7, 11) is 0. The lowest BCUT2D eigenvalue weighted by Gasteiger charge is -1.98. The summed E-state index contributed by atoms with van der Waals surface area (Å²) in [6.45, 7) is 1.01. The SMILES string of the molecule is Fc1ccc(-c2nn3c(c2I)CCC3)cc1. The van der Waals surface area contributed by atoms with Crippen molar-refractivity contribution in [3.8, 4) is 11.3 Å². The largest absolute Gasteiger partial charge is 0.268 e. The number of hydrogen-bond donors (Lipinski definition) is 0. The summed E-state index contributed by atoms with van der Waals surface area (Å²) in [6, 6.07) is 6.54.